The molecule has 7 heteroatoms. The molecule has 1 amide bonds. The minimum Gasteiger partial charge on any atom is -0.507 e. The van der Waals surface area contributed by atoms with Crippen LogP contribution in [0.1, 0.15) is 65.1 Å². The highest BCUT2D eigenvalue weighted by atomic mass is 79.9. The Morgan fingerprint density at radius 1 is 1.00 bits per heavy atom. The van der Waals surface area contributed by atoms with Crippen molar-refractivity contribution in [3.8, 4) is 11.5 Å². The number of phenolic OH excluding ortho intramolecular Hbond substituents is 2. The van der Waals surface area contributed by atoms with Gasteiger partial charge in [0.05, 0.1) is 18.7 Å². The molecule has 0 bridgehead atoms. The van der Waals surface area contributed by atoms with Gasteiger partial charge in [0.25, 0.3) is 5.91 Å². The molecule has 0 unspecified atom stereocenters. The molecule has 0 saturated heterocycles. The summed E-state index contributed by atoms with van der Waals surface area (Å²) < 4.78 is 4.83. The van der Waals surface area contributed by atoms with Gasteiger partial charge in [-0.05, 0) is 53.3 Å². The Morgan fingerprint density at radius 3 is 2.20 bits per heavy atom. The van der Waals surface area contributed by atoms with Gasteiger partial charge in [-0.2, -0.15) is 0 Å². The summed E-state index contributed by atoms with van der Waals surface area (Å²) in [4.78, 5) is 25.6. The van der Waals surface area contributed by atoms with Crippen LogP contribution >= 0.6 is 15.9 Å². The molecule has 0 aliphatic carbocycles. The van der Waals surface area contributed by atoms with Gasteiger partial charge in [0.2, 0.25) is 0 Å². The molecule has 0 radical (unpaired) electrons. The number of amides is 1. The molecule has 184 valence electrons. The normalized spacial score (nSPS) is 12.6. The van der Waals surface area contributed by atoms with Crippen molar-refractivity contribution in [1.82, 2.24) is 0 Å². The van der Waals surface area contributed by atoms with Crippen molar-refractivity contribution >= 4 is 33.5 Å². The fraction of sp³-hybridized carbons (Fsp3) is 0.286. The third kappa shape index (κ3) is 5.85. The zero-order valence-corrected chi connectivity index (χ0v) is 21.9. The molecule has 2 N–H and O–H groups in total. The van der Waals surface area contributed by atoms with E-state index in [1.54, 1.807) is 36.1 Å². The second-order valence-corrected chi connectivity index (χ2v) is 9.73. The van der Waals surface area contributed by atoms with Crippen LogP contribution in [0.4, 0.5) is 5.69 Å². The van der Waals surface area contributed by atoms with E-state index in [0.29, 0.717) is 24.0 Å². The highest BCUT2D eigenvalue weighted by Gasteiger charge is 2.31. The van der Waals surface area contributed by atoms with Gasteiger partial charge in [0, 0.05) is 11.0 Å². The summed E-state index contributed by atoms with van der Waals surface area (Å²) in [6.45, 7) is 9.03. The van der Waals surface area contributed by atoms with Gasteiger partial charge in [-0.25, -0.2) is 4.79 Å². The molecule has 1 aliphatic rings. The molecule has 4 rings (SSSR count). The molecule has 0 spiro atoms. The molecule has 6 nitrogen and oxygen atoms in total. The van der Waals surface area contributed by atoms with Crippen molar-refractivity contribution in [1.29, 1.82) is 0 Å². The Hall–Kier alpha value is -3.32. The van der Waals surface area contributed by atoms with Gasteiger partial charge in [-0.15, -0.1) is 0 Å². The first-order chi connectivity index (χ1) is 16.6. The smallest absolute Gasteiger partial charge is 0.342 e. The minimum atomic E-state index is -0.486. The number of rotatable bonds is 4. The van der Waals surface area contributed by atoms with Gasteiger partial charge in [0.1, 0.15) is 17.1 Å². The molecule has 0 saturated carbocycles. The Balaban J connectivity index is 0.000000214. The second-order valence-electron chi connectivity index (χ2n) is 9.16. The number of carbonyl (C=O) groups is 2. The topological polar surface area (TPSA) is 87.1 Å². The lowest BCUT2D eigenvalue weighted by Crippen LogP contribution is -2.23. The highest BCUT2D eigenvalue weighted by Crippen LogP contribution is 2.34. The highest BCUT2D eigenvalue weighted by molar-refractivity contribution is 9.08. The molecular formula is C28H30BrNO5. The lowest BCUT2D eigenvalue weighted by molar-refractivity contribution is 0.0522. The summed E-state index contributed by atoms with van der Waals surface area (Å²) >= 11 is 3.24. The number of nitrogens with zero attached hydrogens (tertiary/aromatic N) is 1. The maximum Gasteiger partial charge on any atom is 0.342 e. The van der Waals surface area contributed by atoms with E-state index in [4.69, 9.17) is 4.74 Å². The zero-order chi connectivity index (χ0) is 25.8. The lowest BCUT2D eigenvalue weighted by Gasteiger charge is -2.21. The zero-order valence-electron chi connectivity index (χ0n) is 20.3. The summed E-state index contributed by atoms with van der Waals surface area (Å²) in [7, 11) is 0. The standard InChI is InChI=1S/C18H19NO2.C10H11BrO3/c1-18(2,3)13-7-9-14(10-8-13)19-11-12-5-4-6-15(20)16(12)17(19)21;1-2-14-10(13)9-7(6-11)4-3-5-8(9)12/h4-10,20H,11H2,1-3H3;3-5,12H,2,6H2,1H3. The molecule has 3 aromatic carbocycles. The average molecular weight is 540 g/mol. The van der Waals surface area contributed by atoms with Crippen LogP contribution in [0.25, 0.3) is 0 Å². The van der Waals surface area contributed by atoms with E-state index < -0.39 is 5.97 Å². The largest absolute Gasteiger partial charge is 0.507 e. The molecule has 0 aromatic heterocycles. The number of esters is 1. The first-order valence-corrected chi connectivity index (χ1v) is 12.5. The second kappa shape index (κ2) is 11.0. The Morgan fingerprint density at radius 2 is 1.63 bits per heavy atom. The molecule has 3 aromatic rings. The lowest BCUT2D eigenvalue weighted by atomic mass is 9.87. The number of fused-ring (bicyclic) bond motifs is 1. The van der Waals surface area contributed by atoms with Crippen LogP contribution in [-0.2, 0) is 22.0 Å². The fourth-order valence-electron chi connectivity index (χ4n) is 3.83. The van der Waals surface area contributed by atoms with Gasteiger partial charge >= 0.3 is 5.97 Å². The summed E-state index contributed by atoms with van der Waals surface area (Å²) in [6.07, 6.45) is 0. The van der Waals surface area contributed by atoms with E-state index in [-0.39, 0.29) is 28.4 Å². The van der Waals surface area contributed by atoms with Crippen LogP contribution < -0.4 is 4.90 Å². The number of hydrogen-bond acceptors (Lipinski definition) is 5. The van der Waals surface area contributed by atoms with E-state index in [0.717, 1.165) is 16.8 Å². The predicted molar refractivity (Wildman–Crippen MR) is 140 cm³/mol. The first-order valence-electron chi connectivity index (χ1n) is 11.4. The van der Waals surface area contributed by atoms with Crippen molar-refractivity contribution in [2.24, 2.45) is 0 Å². The SMILES string of the molecule is CC(C)(C)c1ccc(N2Cc3cccc(O)c3C2=O)cc1.CCOC(=O)c1c(O)cccc1CBr. The molecule has 1 heterocycles. The van der Waals surface area contributed by atoms with Crippen molar-refractivity contribution < 1.29 is 24.5 Å². The fourth-order valence-corrected chi connectivity index (χ4v) is 4.30. The number of benzene rings is 3. The van der Waals surface area contributed by atoms with Gasteiger partial charge < -0.3 is 19.8 Å². The van der Waals surface area contributed by atoms with Crippen molar-refractivity contribution in [3.05, 3.63) is 88.5 Å². The van der Waals surface area contributed by atoms with Crippen molar-refractivity contribution in [2.45, 2.75) is 45.0 Å². The molecule has 1 aliphatic heterocycles. The van der Waals surface area contributed by atoms with Gasteiger partial charge in [0.15, 0.2) is 0 Å². The van der Waals surface area contributed by atoms with Crippen LogP contribution in [-0.4, -0.2) is 28.7 Å². The Bertz CT molecular complexity index is 1220. The van der Waals surface area contributed by atoms with E-state index in [2.05, 4.69) is 48.8 Å². The van der Waals surface area contributed by atoms with Gasteiger partial charge in [-0.1, -0.05) is 73.1 Å². The quantitative estimate of drug-likeness (QED) is 0.299. The Kier molecular flexibility index (Phi) is 8.22. The Labute approximate surface area is 214 Å². The number of alkyl halides is 1. The molecular weight excluding hydrogens is 510 g/mol. The number of anilines is 1. The van der Waals surface area contributed by atoms with Crippen molar-refractivity contribution in [2.75, 3.05) is 11.5 Å². The van der Waals surface area contributed by atoms with Gasteiger partial charge in [-0.3, -0.25) is 4.79 Å². The minimum absolute atomic E-state index is 0.0413. The first kappa shape index (κ1) is 26.3. The number of ether oxygens (including phenoxy) is 1. The van der Waals surface area contributed by atoms with Crippen molar-refractivity contribution in [3.63, 3.8) is 0 Å². The monoisotopic (exact) mass is 539 g/mol. The number of phenols is 2. The third-order valence-corrected chi connectivity index (χ3v) is 6.32. The van der Waals surface area contributed by atoms with Crippen LogP contribution in [0.5, 0.6) is 11.5 Å². The summed E-state index contributed by atoms with van der Waals surface area (Å²) in [5.41, 5.74) is 4.46. The maximum atomic E-state index is 12.5. The predicted octanol–water partition coefficient (Wildman–Crippen LogP) is 6.31. The maximum absolute atomic E-state index is 12.5. The number of aromatic hydroxyl groups is 2. The molecule has 35 heavy (non-hydrogen) atoms. The van der Waals surface area contributed by atoms with E-state index in [1.807, 2.05) is 18.2 Å². The average Bonchev–Trinajstić information content (AvgIpc) is 3.16. The molecule has 0 fully saturated rings. The van der Waals surface area contributed by atoms with E-state index in [1.165, 1.54) is 11.6 Å². The summed E-state index contributed by atoms with van der Waals surface area (Å²) in [5.74, 6) is -0.599. The summed E-state index contributed by atoms with van der Waals surface area (Å²) in [5, 5.41) is 19.9. The van der Waals surface area contributed by atoms with Crippen LogP contribution in [0.3, 0.4) is 0 Å². The number of halogens is 1. The van der Waals surface area contributed by atoms with Crippen LogP contribution in [0.2, 0.25) is 0 Å². The van der Waals surface area contributed by atoms with Crippen LogP contribution in [0, 0.1) is 0 Å². The molecule has 0 atom stereocenters. The van der Waals surface area contributed by atoms with E-state index in [9.17, 15) is 19.8 Å². The third-order valence-electron chi connectivity index (χ3n) is 5.71. The van der Waals surface area contributed by atoms with E-state index >= 15 is 0 Å². The summed E-state index contributed by atoms with van der Waals surface area (Å²) in [6, 6.07) is 18.2. The number of hydrogen-bond donors (Lipinski definition) is 2. The number of carbonyl (C=O) groups excluding carboxylic acids is 2. The van der Waals surface area contributed by atoms with Crippen LogP contribution in [0.15, 0.2) is 60.7 Å².